The van der Waals surface area contributed by atoms with Crippen LogP contribution in [-0.2, 0) is 16.1 Å². The number of hydrogen-bond donors (Lipinski definition) is 2. The number of aromatic amines is 1. The molecule has 0 spiro atoms. The molecule has 2 aliphatic heterocycles. The van der Waals surface area contributed by atoms with Crippen molar-refractivity contribution in [2.75, 3.05) is 18.4 Å². The summed E-state index contributed by atoms with van der Waals surface area (Å²) in [6.07, 6.45) is 1.50. The first-order valence-electron chi connectivity index (χ1n) is 13.9. The highest BCUT2D eigenvalue weighted by Crippen LogP contribution is 2.43. The lowest BCUT2D eigenvalue weighted by Gasteiger charge is -2.35. The van der Waals surface area contributed by atoms with Crippen LogP contribution in [0, 0.1) is 0 Å². The first-order valence-corrected chi connectivity index (χ1v) is 13.9. The lowest BCUT2D eigenvalue weighted by atomic mass is 9.86. The van der Waals surface area contributed by atoms with Gasteiger partial charge in [0.1, 0.15) is 18.0 Å². The van der Waals surface area contributed by atoms with E-state index < -0.39 is 5.60 Å². The molecule has 5 rings (SSSR count). The molecule has 2 N–H and O–H groups in total. The minimum absolute atomic E-state index is 0.0735. The number of amides is 2. The number of aromatic nitrogens is 1. The lowest BCUT2D eigenvalue weighted by Crippen LogP contribution is -2.42. The summed E-state index contributed by atoms with van der Waals surface area (Å²) in [5.41, 5.74) is 6.15. The second kappa shape index (κ2) is 11.5. The number of carbonyl (C=O) groups excluding carboxylic acids is 2. The predicted molar refractivity (Wildman–Crippen MR) is 158 cm³/mol. The van der Waals surface area contributed by atoms with Gasteiger partial charge in [-0.25, -0.2) is 4.79 Å². The van der Waals surface area contributed by atoms with Crippen LogP contribution < -0.4 is 10.1 Å². The van der Waals surface area contributed by atoms with Crippen LogP contribution in [0.25, 0.3) is 22.5 Å². The first-order chi connectivity index (χ1) is 19.2. The normalized spacial score (nSPS) is 15.6. The number of ether oxygens (including phenoxy) is 2. The maximum Gasteiger partial charge on any atom is 0.410 e. The van der Waals surface area contributed by atoms with Crippen molar-refractivity contribution in [2.45, 2.75) is 58.7 Å². The van der Waals surface area contributed by atoms with E-state index in [0.717, 1.165) is 57.9 Å². The average Bonchev–Trinajstić information content (AvgIpc) is 3.33. The Morgan fingerprint density at radius 2 is 1.75 bits per heavy atom. The number of nitrogens with zero attached hydrogens (tertiary/aromatic N) is 1. The van der Waals surface area contributed by atoms with Crippen molar-refractivity contribution in [1.82, 2.24) is 9.88 Å². The van der Waals surface area contributed by atoms with Gasteiger partial charge in [-0.3, -0.25) is 4.79 Å². The molecule has 2 aromatic rings. The number of anilines is 1. The molecule has 0 aromatic heterocycles. The summed E-state index contributed by atoms with van der Waals surface area (Å²) in [6, 6.07) is 24.2. The summed E-state index contributed by atoms with van der Waals surface area (Å²) in [5, 5.41) is 2.99. The van der Waals surface area contributed by atoms with Crippen LogP contribution in [0.1, 0.15) is 57.6 Å². The van der Waals surface area contributed by atoms with Crippen molar-refractivity contribution >= 4 is 17.7 Å². The van der Waals surface area contributed by atoms with E-state index in [0.29, 0.717) is 19.7 Å². The summed E-state index contributed by atoms with van der Waals surface area (Å²) >= 11 is 0. The summed E-state index contributed by atoms with van der Waals surface area (Å²) in [5.74, 6) is 0.728. The fraction of sp³-hybridized carbons (Fsp3) is 0.333. The molecule has 1 aliphatic carbocycles. The molecule has 2 aromatic carbocycles. The topological polar surface area (TPSA) is 83.7 Å². The molecule has 2 heterocycles. The highest BCUT2D eigenvalue weighted by molar-refractivity contribution is 5.96. The highest BCUT2D eigenvalue weighted by atomic mass is 16.6. The maximum atomic E-state index is 13.0. The van der Waals surface area contributed by atoms with Crippen LogP contribution in [0.5, 0.6) is 5.75 Å². The van der Waals surface area contributed by atoms with Gasteiger partial charge in [-0.05, 0) is 75.1 Å². The largest absolute Gasteiger partial charge is 0.488 e. The summed E-state index contributed by atoms with van der Waals surface area (Å²) in [7, 11) is 0. The monoisotopic (exact) mass is 539 g/mol. The molecule has 1 saturated heterocycles. The molecule has 2 amide bonds. The molecule has 1 atom stereocenters. The minimum Gasteiger partial charge on any atom is -0.488 e. The third kappa shape index (κ3) is 6.30. The van der Waals surface area contributed by atoms with Crippen LogP contribution in [0.2, 0.25) is 0 Å². The number of likely N-dealkylation sites (tertiary alicyclic amines) is 1. The SMILES string of the molecule is CC(=O)Nc1ccc2[nH]c(-c3ccccc3OCc3ccccc3)cc(C3CCCN(C(=O)OC(C)(C)C)C3)c1-2. The molecule has 0 bridgehead atoms. The van der Waals surface area contributed by atoms with Gasteiger partial charge in [-0.1, -0.05) is 42.5 Å². The Morgan fingerprint density at radius 3 is 2.50 bits per heavy atom. The van der Waals surface area contributed by atoms with Gasteiger partial charge in [0, 0.05) is 48.4 Å². The van der Waals surface area contributed by atoms with E-state index >= 15 is 0 Å². The van der Waals surface area contributed by atoms with Gasteiger partial charge in [0.25, 0.3) is 0 Å². The van der Waals surface area contributed by atoms with Crippen molar-refractivity contribution in [3.05, 3.63) is 83.9 Å². The Kier molecular flexibility index (Phi) is 7.83. The molecule has 208 valence electrons. The van der Waals surface area contributed by atoms with Crippen LogP contribution in [0.4, 0.5) is 10.5 Å². The quantitative estimate of drug-likeness (QED) is 0.267. The smallest absolute Gasteiger partial charge is 0.410 e. The van der Waals surface area contributed by atoms with E-state index in [2.05, 4.69) is 16.4 Å². The van der Waals surface area contributed by atoms with Gasteiger partial charge in [0.15, 0.2) is 0 Å². The number of carbonyl (C=O) groups is 2. The highest BCUT2D eigenvalue weighted by Gasteiger charge is 2.31. The molecule has 1 fully saturated rings. The Hall–Kier alpha value is -4.26. The first kappa shape index (κ1) is 27.3. The number of benzene rings is 2. The number of fused-ring (bicyclic) bond motifs is 1. The molecular formula is C33H37N3O4. The molecular weight excluding hydrogens is 502 g/mol. The number of H-pyrrole nitrogens is 1. The van der Waals surface area contributed by atoms with E-state index in [1.807, 2.05) is 87.5 Å². The van der Waals surface area contributed by atoms with Crippen LogP contribution in [0.15, 0.2) is 72.8 Å². The summed E-state index contributed by atoms with van der Waals surface area (Å²) in [4.78, 5) is 30.4. The number of rotatable bonds is 6. The Labute approximate surface area is 235 Å². The number of pyridine rings is 1. The van der Waals surface area contributed by atoms with E-state index in [9.17, 15) is 9.59 Å². The van der Waals surface area contributed by atoms with Crippen LogP contribution in [-0.4, -0.2) is 40.6 Å². The van der Waals surface area contributed by atoms with Crippen molar-refractivity contribution in [3.63, 3.8) is 0 Å². The van der Waals surface area contributed by atoms with Gasteiger partial charge in [-0.15, -0.1) is 0 Å². The number of hydrogen-bond acceptors (Lipinski definition) is 4. The van der Waals surface area contributed by atoms with Crippen molar-refractivity contribution < 1.29 is 19.1 Å². The molecule has 7 heteroatoms. The lowest BCUT2D eigenvalue weighted by molar-refractivity contribution is -0.114. The standard InChI is InChI=1S/C33H37N3O4/c1-22(37)34-27-16-17-28-31(27)26(24-13-10-18-36(20-24)32(38)40-33(2,3)4)19-29(35-28)25-14-8-9-15-30(25)39-21-23-11-6-5-7-12-23/h5-9,11-12,14-17,19,24,35H,10,13,18,20-21H2,1-4H3,(H,34,37). The van der Waals surface area contributed by atoms with Crippen LogP contribution >= 0.6 is 0 Å². The van der Waals surface area contributed by atoms with Crippen molar-refractivity contribution in [3.8, 4) is 28.3 Å². The fourth-order valence-electron chi connectivity index (χ4n) is 5.34. The number of piperidine rings is 1. The van der Waals surface area contributed by atoms with Crippen molar-refractivity contribution in [1.29, 1.82) is 0 Å². The van der Waals surface area contributed by atoms with E-state index in [1.165, 1.54) is 6.92 Å². The van der Waals surface area contributed by atoms with Crippen molar-refractivity contribution in [2.24, 2.45) is 0 Å². The molecule has 7 nitrogen and oxygen atoms in total. The predicted octanol–water partition coefficient (Wildman–Crippen LogP) is 7.44. The van der Waals surface area contributed by atoms with Crippen LogP contribution in [0.3, 0.4) is 0 Å². The van der Waals surface area contributed by atoms with E-state index in [4.69, 9.17) is 9.47 Å². The Morgan fingerprint density at radius 1 is 1.00 bits per heavy atom. The average molecular weight is 540 g/mol. The van der Waals surface area contributed by atoms with Gasteiger partial charge < -0.3 is 24.7 Å². The second-order valence-electron chi connectivity index (χ2n) is 11.4. The third-order valence-corrected chi connectivity index (χ3v) is 7.05. The molecule has 0 saturated carbocycles. The fourth-order valence-corrected chi connectivity index (χ4v) is 5.34. The third-order valence-electron chi connectivity index (χ3n) is 7.05. The zero-order valence-electron chi connectivity index (χ0n) is 23.6. The van der Waals surface area contributed by atoms with Gasteiger partial charge >= 0.3 is 6.09 Å². The zero-order chi connectivity index (χ0) is 28.3. The number of para-hydroxylation sites is 1. The molecule has 0 radical (unpaired) electrons. The maximum absolute atomic E-state index is 13.0. The Balaban J connectivity index is 1.53. The summed E-state index contributed by atoms with van der Waals surface area (Å²) in [6.45, 7) is 8.84. The van der Waals surface area contributed by atoms with Gasteiger partial charge in [-0.2, -0.15) is 0 Å². The second-order valence-corrected chi connectivity index (χ2v) is 11.4. The number of nitrogens with one attached hydrogen (secondary N) is 2. The molecule has 40 heavy (non-hydrogen) atoms. The van der Waals surface area contributed by atoms with E-state index in [-0.39, 0.29) is 17.9 Å². The van der Waals surface area contributed by atoms with E-state index in [1.54, 1.807) is 4.90 Å². The van der Waals surface area contributed by atoms with Gasteiger partial charge in [0.05, 0.1) is 5.69 Å². The molecule has 3 aliphatic rings. The zero-order valence-corrected chi connectivity index (χ0v) is 23.6. The summed E-state index contributed by atoms with van der Waals surface area (Å²) < 4.78 is 12.0. The van der Waals surface area contributed by atoms with Gasteiger partial charge in [0.2, 0.25) is 5.91 Å². The Bertz CT molecular complexity index is 1450. The minimum atomic E-state index is -0.556. The molecule has 1 unspecified atom stereocenters.